The minimum Gasteiger partial charge on any atom is -0.353 e. The molecule has 1 saturated heterocycles. The first-order chi connectivity index (χ1) is 10.9. The Morgan fingerprint density at radius 3 is 2.65 bits per heavy atom. The van der Waals surface area contributed by atoms with E-state index < -0.39 is 11.7 Å². The number of alkyl halides is 3. The van der Waals surface area contributed by atoms with Crippen LogP contribution in [-0.4, -0.2) is 22.1 Å². The zero-order chi connectivity index (χ0) is 16.4. The molecule has 1 N–H and O–H groups in total. The molecule has 1 aliphatic heterocycles. The van der Waals surface area contributed by atoms with E-state index in [9.17, 15) is 18.0 Å². The highest BCUT2D eigenvalue weighted by Gasteiger charge is 2.30. The minimum absolute atomic E-state index is 0.00345. The van der Waals surface area contributed by atoms with Crippen molar-refractivity contribution in [1.29, 1.82) is 0 Å². The van der Waals surface area contributed by atoms with E-state index in [-0.39, 0.29) is 17.8 Å². The number of hydrogen-bond donors (Lipinski definition) is 1. The fraction of sp³-hybridized carbons (Fsp3) is 0.400. The Labute approximate surface area is 129 Å². The molecule has 0 aliphatic carbocycles. The van der Waals surface area contributed by atoms with Crippen molar-refractivity contribution in [3.8, 4) is 11.4 Å². The predicted octanol–water partition coefficient (Wildman–Crippen LogP) is 2.97. The summed E-state index contributed by atoms with van der Waals surface area (Å²) in [4.78, 5) is 15.5. The Morgan fingerprint density at radius 1 is 1.26 bits per heavy atom. The van der Waals surface area contributed by atoms with Crippen molar-refractivity contribution in [2.75, 3.05) is 0 Å². The van der Waals surface area contributed by atoms with Crippen LogP contribution in [0.2, 0.25) is 0 Å². The molecule has 0 saturated carbocycles. The molecule has 0 radical (unpaired) electrons. The van der Waals surface area contributed by atoms with Gasteiger partial charge in [0.2, 0.25) is 17.6 Å². The minimum atomic E-state index is -4.37. The van der Waals surface area contributed by atoms with Gasteiger partial charge in [0.1, 0.15) is 0 Å². The normalized spacial score (nSPS) is 18.7. The SMILES string of the molecule is O=C1CCCC(Cc2nc(-c3ccc(C(F)(F)F)cc3)no2)N1. The summed E-state index contributed by atoms with van der Waals surface area (Å²) in [6, 6.07) is 4.52. The van der Waals surface area contributed by atoms with Gasteiger partial charge < -0.3 is 9.84 Å². The van der Waals surface area contributed by atoms with Crippen LogP contribution in [0.1, 0.15) is 30.7 Å². The molecular formula is C15H14F3N3O2. The monoisotopic (exact) mass is 325 g/mol. The average molecular weight is 325 g/mol. The van der Waals surface area contributed by atoms with Gasteiger partial charge in [-0.05, 0) is 25.0 Å². The molecule has 1 amide bonds. The molecular weight excluding hydrogens is 311 g/mol. The molecule has 1 unspecified atom stereocenters. The van der Waals surface area contributed by atoms with Crippen LogP contribution in [0.15, 0.2) is 28.8 Å². The molecule has 2 aromatic rings. The second kappa shape index (κ2) is 6.02. The first kappa shape index (κ1) is 15.5. The molecule has 1 fully saturated rings. The maximum atomic E-state index is 12.5. The van der Waals surface area contributed by atoms with Crippen molar-refractivity contribution in [2.24, 2.45) is 0 Å². The molecule has 5 nitrogen and oxygen atoms in total. The van der Waals surface area contributed by atoms with Gasteiger partial charge in [0.15, 0.2) is 0 Å². The van der Waals surface area contributed by atoms with E-state index >= 15 is 0 Å². The molecule has 1 atom stereocenters. The molecule has 122 valence electrons. The van der Waals surface area contributed by atoms with Gasteiger partial charge >= 0.3 is 6.18 Å². The van der Waals surface area contributed by atoms with Crippen LogP contribution < -0.4 is 5.32 Å². The van der Waals surface area contributed by atoms with E-state index in [4.69, 9.17) is 4.52 Å². The number of nitrogens with one attached hydrogen (secondary N) is 1. The number of halogens is 3. The van der Waals surface area contributed by atoms with Gasteiger partial charge in [-0.1, -0.05) is 17.3 Å². The van der Waals surface area contributed by atoms with E-state index in [0.717, 1.165) is 25.0 Å². The number of amides is 1. The summed E-state index contributed by atoms with van der Waals surface area (Å²) in [6.07, 6.45) is -1.78. The predicted molar refractivity (Wildman–Crippen MR) is 74.2 cm³/mol. The van der Waals surface area contributed by atoms with Crippen LogP contribution in [0.4, 0.5) is 13.2 Å². The van der Waals surface area contributed by atoms with Gasteiger partial charge in [-0.3, -0.25) is 4.79 Å². The van der Waals surface area contributed by atoms with Crippen molar-refractivity contribution >= 4 is 5.91 Å². The summed E-state index contributed by atoms with van der Waals surface area (Å²) < 4.78 is 42.7. The first-order valence-electron chi connectivity index (χ1n) is 7.21. The molecule has 2 heterocycles. The van der Waals surface area contributed by atoms with Crippen LogP contribution in [0.25, 0.3) is 11.4 Å². The van der Waals surface area contributed by atoms with Gasteiger partial charge in [-0.25, -0.2) is 0 Å². The van der Waals surface area contributed by atoms with Crippen LogP contribution in [0.5, 0.6) is 0 Å². The van der Waals surface area contributed by atoms with E-state index in [0.29, 0.717) is 24.3 Å². The lowest BCUT2D eigenvalue weighted by Crippen LogP contribution is -2.40. The molecule has 8 heteroatoms. The Kier molecular flexibility index (Phi) is 4.06. The third-order valence-corrected chi connectivity index (χ3v) is 3.68. The van der Waals surface area contributed by atoms with Gasteiger partial charge in [-0.2, -0.15) is 18.2 Å². The fourth-order valence-corrected chi connectivity index (χ4v) is 2.51. The highest BCUT2D eigenvalue weighted by Crippen LogP contribution is 2.30. The standard InChI is InChI=1S/C15H14F3N3O2/c16-15(17,18)10-6-4-9(5-7-10)14-20-13(23-21-14)8-11-2-1-3-12(22)19-11/h4-7,11H,1-3,8H2,(H,19,22). The van der Waals surface area contributed by atoms with Gasteiger partial charge in [0.05, 0.1) is 5.56 Å². The summed E-state index contributed by atoms with van der Waals surface area (Å²) in [7, 11) is 0. The number of piperidine rings is 1. The topological polar surface area (TPSA) is 68.0 Å². The zero-order valence-corrected chi connectivity index (χ0v) is 12.1. The molecule has 1 aromatic carbocycles. The van der Waals surface area contributed by atoms with Crippen LogP contribution in [-0.2, 0) is 17.4 Å². The zero-order valence-electron chi connectivity index (χ0n) is 12.1. The third-order valence-electron chi connectivity index (χ3n) is 3.68. The fourth-order valence-electron chi connectivity index (χ4n) is 2.51. The maximum Gasteiger partial charge on any atom is 0.416 e. The van der Waals surface area contributed by atoms with Crippen molar-refractivity contribution in [1.82, 2.24) is 15.5 Å². The molecule has 1 aromatic heterocycles. The smallest absolute Gasteiger partial charge is 0.353 e. The average Bonchev–Trinajstić information content (AvgIpc) is 2.95. The third kappa shape index (κ3) is 3.69. The molecule has 23 heavy (non-hydrogen) atoms. The van der Waals surface area contributed by atoms with E-state index in [1.54, 1.807) is 0 Å². The number of aromatic nitrogens is 2. The Morgan fingerprint density at radius 2 is 2.00 bits per heavy atom. The Balaban J connectivity index is 1.70. The summed E-state index contributed by atoms with van der Waals surface area (Å²) in [5.74, 6) is 0.590. The van der Waals surface area contributed by atoms with Crippen LogP contribution in [0, 0.1) is 0 Å². The first-order valence-corrected chi connectivity index (χ1v) is 7.21. The van der Waals surface area contributed by atoms with Gasteiger partial charge in [0.25, 0.3) is 0 Å². The lowest BCUT2D eigenvalue weighted by atomic mass is 10.0. The molecule has 1 aliphatic rings. The number of carbonyl (C=O) groups excluding carboxylic acids is 1. The lowest BCUT2D eigenvalue weighted by molar-refractivity contribution is -0.137. The lowest BCUT2D eigenvalue weighted by Gasteiger charge is -2.21. The Hall–Kier alpha value is -2.38. The maximum absolute atomic E-state index is 12.5. The molecule has 0 spiro atoms. The highest BCUT2D eigenvalue weighted by atomic mass is 19.4. The van der Waals surface area contributed by atoms with E-state index in [1.165, 1.54) is 12.1 Å². The molecule has 0 bridgehead atoms. The highest BCUT2D eigenvalue weighted by molar-refractivity contribution is 5.76. The van der Waals surface area contributed by atoms with E-state index in [2.05, 4.69) is 15.5 Å². The van der Waals surface area contributed by atoms with Crippen molar-refractivity contribution < 1.29 is 22.5 Å². The second-order valence-corrected chi connectivity index (χ2v) is 5.45. The number of carbonyl (C=O) groups is 1. The van der Waals surface area contributed by atoms with Gasteiger partial charge in [0, 0.05) is 24.4 Å². The van der Waals surface area contributed by atoms with Crippen LogP contribution >= 0.6 is 0 Å². The largest absolute Gasteiger partial charge is 0.416 e. The van der Waals surface area contributed by atoms with Crippen molar-refractivity contribution in [3.05, 3.63) is 35.7 Å². The molecule has 3 rings (SSSR count). The summed E-state index contributed by atoms with van der Waals surface area (Å²) >= 11 is 0. The van der Waals surface area contributed by atoms with E-state index in [1.807, 2.05) is 0 Å². The number of benzene rings is 1. The quantitative estimate of drug-likeness (QED) is 0.942. The number of hydrogen-bond acceptors (Lipinski definition) is 4. The summed E-state index contributed by atoms with van der Waals surface area (Å²) in [6.45, 7) is 0. The summed E-state index contributed by atoms with van der Waals surface area (Å²) in [5, 5.41) is 6.63. The summed E-state index contributed by atoms with van der Waals surface area (Å²) in [5.41, 5.74) is -0.282. The Bertz CT molecular complexity index is 695. The van der Waals surface area contributed by atoms with Crippen LogP contribution in [0.3, 0.4) is 0 Å². The number of nitrogens with zero attached hydrogens (tertiary/aromatic N) is 2. The van der Waals surface area contributed by atoms with Crippen molar-refractivity contribution in [2.45, 2.75) is 37.9 Å². The number of rotatable bonds is 3. The van der Waals surface area contributed by atoms with Gasteiger partial charge in [-0.15, -0.1) is 0 Å². The second-order valence-electron chi connectivity index (χ2n) is 5.45. The van der Waals surface area contributed by atoms with Crippen molar-refractivity contribution in [3.63, 3.8) is 0 Å².